The van der Waals surface area contributed by atoms with Crippen LogP contribution in [0.15, 0.2) is 12.2 Å². The average Bonchev–Trinajstić information content (AvgIpc) is 2.10. The third kappa shape index (κ3) is 1.21. The van der Waals surface area contributed by atoms with Gasteiger partial charge in [-0.05, 0) is 18.8 Å². The quantitative estimate of drug-likeness (QED) is 0.384. The van der Waals surface area contributed by atoms with Gasteiger partial charge in [-0.25, -0.2) is 0 Å². The van der Waals surface area contributed by atoms with Crippen molar-refractivity contribution in [3.8, 4) is 0 Å². The van der Waals surface area contributed by atoms with Crippen molar-refractivity contribution in [2.75, 3.05) is 0 Å². The topological polar surface area (TPSA) is 17.1 Å². The van der Waals surface area contributed by atoms with Gasteiger partial charge < -0.3 is 4.79 Å². The van der Waals surface area contributed by atoms with E-state index in [1.165, 1.54) is 5.57 Å². The standard InChI is InChI=1S/C8H12O/c1-6-3-7(2)8(4-6)5-9/h5,7-8H,1,3-4H2,2H3/t7-,8+/m0/s1. The number of rotatable bonds is 1. The van der Waals surface area contributed by atoms with E-state index in [0.717, 1.165) is 19.1 Å². The van der Waals surface area contributed by atoms with Gasteiger partial charge in [-0.15, -0.1) is 0 Å². The Morgan fingerprint density at radius 2 is 2.33 bits per heavy atom. The highest BCUT2D eigenvalue weighted by Gasteiger charge is 2.24. The predicted molar refractivity (Wildman–Crippen MR) is 37.1 cm³/mol. The van der Waals surface area contributed by atoms with E-state index < -0.39 is 0 Å². The van der Waals surface area contributed by atoms with Crippen molar-refractivity contribution in [2.45, 2.75) is 19.8 Å². The largest absolute Gasteiger partial charge is 0.303 e. The average molecular weight is 124 g/mol. The molecule has 0 unspecified atom stereocenters. The molecule has 1 fully saturated rings. The molecule has 0 bridgehead atoms. The van der Waals surface area contributed by atoms with E-state index in [4.69, 9.17) is 0 Å². The van der Waals surface area contributed by atoms with Crippen molar-refractivity contribution in [3.05, 3.63) is 12.2 Å². The van der Waals surface area contributed by atoms with Crippen LogP contribution in [0.3, 0.4) is 0 Å². The van der Waals surface area contributed by atoms with Gasteiger partial charge in [-0.2, -0.15) is 0 Å². The summed E-state index contributed by atoms with van der Waals surface area (Å²) in [5, 5.41) is 0. The number of carbonyl (C=O) groups is 1. The van der Waals surface area contributed by atoms with Gasteiger partial charge in [0.2, 0.25) is 0 Å². The number of hydrogen-bond acceptors (Lipinski definition) is 1. The fraction of sp³-hybridized carbons (Fsp3) is 0.625. The molecule has 1 heteroatoms. The minimum Gasteiger partial charge on any atom is -0.303 e. The number of hydrogen-bond donors (Lipinski definition) is 0. The molecule has 0 saturated heterocycles. The van der Waals surface area contributed by atoms with Crippen molar-refractivity contribution in [1.82, 2.24) is 0 Å². The summed E-state index contributed by atoms with van der Waals surface area (Å²) < 4.78 is 0. The highest BCUT2D eigenvalue weighted by molar-refractivity contribution is 5.56. The third-order valence-corrected chi connectivity index (χ3v) is 2.04. The summed E-state index contributed by atoms with van der Waals surface area (Å²) in [6.07, 6.45) is 3.02. The molecule has 1 aliphatic carbocycles. The first-order chi connectivity index (χ1) is 4.24. The zero-order valence-corrected chi connectivity index (χ0v) is 5.76. The van der Waals surface area contributed by atoms with Crippen LogP contribution in [0.5, 0.6) is 0 Å². The summed E-state index contributed by atoms with van der Waals surface area (Å²) in [7, 11) is 0. The molecule has 0 aromatic rings. The second-order valence-corrected chi connectivity index (χ2v) is 2.94. The van der Waals surface area contributed by atoms with Crippen LogP contribution in [0, 0.1) is 11.8 Å². The van der Waals surface area contributed by atoms with E-state index in [-0.39, 0.29) is 5.92 Å². The fourth-order valence-electron chi connectivity index (χ4n) is 1.41. The normalized spacial score (nSPS) is 35.0. The van der Waals surface area contributed by atoms with Crippen molar-refractivity contribution < 1.29 is 4.79 Å². The molecule has 0 spiro atoms. The maximum absolute atomic E-state index is 10.3. The van der Waals surface area contributed by atoms with Crippen molar-refractivity contribution >= 4 is 6.29 Å². The van der Waals surface area contributed by atoms with Gasteiger partial charge in [0.15, 0.2) is 0 Å². The summed E-state index contributed by atoms with van der Waals surface area (Å²) in [5.74, 6) is 0.799. The van der Waals surface area contributed by atoms with Gasteiger partial charge in [0.25, 0.3) is 0 Å². The van der Waals surface area contributed by atoms with Crippen LogP contribution in [-0.2, 0) is 4.79 Å². The second kappa shape index (κ2) is 2.34. The summed E-state index contributed by atoms with van der Waals surface area (Å²) in [5.41, 5.74) is 1.24. The lowest BCUT2D eigenvalue weighted by atomic mass is 10.0. The molecule has 0 heterocycles. The van der Waals surface area contributed by atoms with E-state index in [2.05, 4.69) is 13.5 Å². The molecule has 0 aliphatic heterocycles. The Morgan fingerprint density at radius 1 is 1.67 bits per heavy atom. The van der Waals surface area contributed by atoms with Gasteiger partial charge >= 0.3 is 0 Å². The zero-order chi connectivity index (χ0) is 6.85. The van der Waals surface area contributed by atoms with Crippen LogP contribution in [0.4, 0.5) is 0 Å². The lowest BCUT2D eigenvalue weighted by Crippen LogP contribution is -2.03. The molecule has 0 amide bonds. The van der Waals surface area contributed by atoms with Crippen LogP contribution in [0.25, 0.3) is 0 Å². The first-order valence-corrected chi connectivity index (χ1v) is 3.36. The van der Waals surface area contributed by atoms with E-state index in [1.807, 2.05) is 0 Å². The summed E-state index contributed by atoms with van der Waals surface area (Å²) in [6.45, 7) is 5.95. The lowest BCUT2D eigenvalue weighted by molar-refractivity contribution is -0.111. The van der Waals surface area contributed by atoms with Crippen LogP contribution in [-0.4, -0.2) is 6.29 Å². The molecule has 0 aromatic carbocycles. The highest BCUT2D eigenvalue weighted by atomic mass is 16.1. The monoisotopic (exact) mass is 124 g/mol. The molecule has 2 atom stereocenters. The minimum atomic E-state index is 0.262. The molecule has 1 nitrogen and oxygen atoms in total. The smallest absolute Gasteiger partial charge is 0.123 e. The van der Waals surface area contributed by atoms with E-state index >= 15 is 0 Å². The molecule has 1 rings (SSSR count). The molecule has 0 aromatic heterocycles. The number of allylic oxidation sites excluding steroid dienone is 1. The van der Waals surface area contributed by atoms with Crippen molar-refractivity contribution in [1.29, 1.82) is 0 Å². The molecule has 9 heavy (non-hydrogen) atoms. The van der Waals surface area contributed by atoms with Gasteiger partial charge in [0.1, 0.15) is 6.29 Å². The maximum atomic E-state index is 10.3. The van der Waals surface area contributed by atoms with E-state index in [9.17, 15) is 4.79 Å². The van der Waals surface area contributed by atoms with Gasteiger partial charge in [0.05, 0.1) is 0 Å². The summed E-state index contributed by atoms with van der Waals surface area (Å²) in [4.78, 5) is 10.3. The molecular weight excluding hydrogens is 112 g/mol. The molecule has 1 saturated carbocycles. The van der Waals surface area contributed by atoms with E-state index in [1.54, 1.807) is 0 Å². The molecule has 0 N–H and O–H groups in total. The Bertz CT molecular complexity index is 138. The Labute approximate surface area is 55.8 Å². The summed E-state index contributed by atoms with van der Waals surface area (Å²) in [6, 6.07) is 0. The fourth-order valence-corrected chi connectivity index (χ4v) is 1.41. The maximum Gasteiger partial charge on any atom is 0.123 e. The second-order valence-electron chi connectivity index (χ2n) is 2.94. The molecular formula is C8H12O. The summed E-state index contributed by atoms with van der Waals surface area (Å²) >= 11 is 0. The first kappa shape index (κ1) is 6.53. The highest BCUT2D eigenvalue weighted by Crippen LogP contribution is 2.32. The van der Waals surface area contributed by atoms with Gasteiger partial charge in [-0.3, -0.25) is 0 Å². The van der Waals surface area contributed by atoms with Crippen molar-refractivity contribution in [3.63, 3.8) is 0 Å². The lowest BCUT2D eigenvalue weighted by Gasteiger charge is -2.03. The number of carbonyl (C=O) groups excluding carboxylic acids is 1. The molecule has 1 aliphatic rings. The van der Waals surface area contributed by atoms with Gasteiger partial charge in [0, 0.05) is 5.92 Å². The SMILES string of the molecule is C=C1C[C@H](C)[C@@H](C=O)C1. The minimum absolute atomic E-state index is 0.262. The van der Waals surface area contributed by atoms with Crippen LogP contribution >= 0.6 is 0 Å². The Balaban J connectivity index is 2.57. The first-order valence-electron chi connectivity index (χ1n) is 3.36. The number of aldehydes is 1. The third-order valence-electron chi connectivity index (χ3n) is 2.04. The predicted octanol–water partition coefficient (Wildman–Crippen LogP) is 1.79. The van der Waals surface area contributed by atoms with Crippen LogP contribution in [0.2, 0.25) is 0 Å². The Hall–Kier alpha value is -0.590. The zero-order valence-electron chi connectivity index (χ0n) is 5.76. The Kier molecular flexibility index (Phi) is 1.70. The van der Waals surface area contributed by atoms with Crippen LogP contribution < -0.4 is 0 Å². The van der Waals surface area contributed by atoms with Gasteiger partial charge in [-0.1, -0.05) is 19.1 Å². The van der Waals surface area contributed by atoms with Crippen molar-refractivity contribution in [2.24, 2.45) is 11.8 Å². The molecule has 0 radical (unpaired) electrons. The Morgan fingerprint density at radius 3 is 2.56 bits per heavy atom. The van der Waals surface area contributed by atoms with E-state index in [0.29, 0.717) is 5.92 Å². The molecule has 50 valence electrons. The van der Waals surface area contributed by atoms with Crippen LogP contribution in [0.1, 0.15) is 19.8 Å².